The molecule has 2 N–H and O–H groups in total. The van der Waals surface area contributed by atoms with E-state index in [-0.39, 0.29) is 17.8 Å². The van der Waals surface area contributed by atoms with Gasteiger partial charge in [0.05, 0.1) is 6.04 Å². The predicted octanol–water partition coefficient (Wildman–Crippen LogP) is 4.03. The van der Waals surface area contributed by atoms with Crippen LogP contribution >= 0.6 is 23.4 Å². The molecule has 0 aliphatic carbocycles. The molecule has 0 fully saturated rings. The Kier molecular flexibility index (Phi) is 5.23. The fourth-order valence-electron chi connectivity index (χ4n) is 2.99. The third-order valence-electron chi connectivity index (χ3n) is 4.42. The molecule has 0 spiro atoms. The molecular formula is C19H17ClFN5OS. The van der Waals surface area contributed by atoms with Gasteiger partial charge in [-0.15, -0.1) is 10.2 Å². The summed E-state index contributed by atoms with van der Waals surface area (Å²) in [6.45, 7) is 1.99. The van der Waals surface area contributed by atoms with Crippen LogP contribution in [0.25, 0.3) is 0 Å². The molecule has 6 nitrogen and oxygen atoms in total. The van der Waals surface area contributed by atoms with Gasteiger partial charge in [-0.2, -0.15) is 0 Å². The average molecular weight is 418 g/mol. The molecule has 3 aromatic rings. The second-order valence-electron chi connectivity index (χ2n) is 6.28. The van der Waals surface area contributed by atoms with Gasteiger partial charge in [0.15, 0.2) is 5.82 Å². The number of nitrogens with zero attached hydrogens (tertiary/aromatic N) is 3. The Labute approximate surface area is 170 Å². The molecule has 9 heteroatoms. The minimum absolute atomic E-state index is 0.212. The number of halogens is 2. The lowest BCUT2D eigenvalue weighted by Gasteiger charge is -2.33. The molecule has 1 aliphatic rings. The maximum absolute atomic E-state index is 13.1. The second-order valence-corrected chi connectivity index (χ2v) is 7.83. The van der Waals surface area contributed by atoms with Crippen molar-refractivity contribution >= 4 is 35.0 Å². The van der Waals surface area contributed by atoms with Crippen molar-refractivity contribution in [1.82, 2.24) is 14.9 Å². The molecule has 1 aromatic heterocycles. The van der Waals surface area contributed by atoms with Crippen molar-refractivity contribution in [3.8, 4) is 0 Å². The zero-order valence-electron chi connectivity index (χ0n) is 14.9. The highest BCUT2D eigenvalue weighted by Gasteiger charge is 2.37. The van der Waals surface area contributed by atoms with Crippen molar-refractivity contribution in [3.05, 3.63) is 70.8 Å². The van der Waals surface area contributed by atoms with Gasteiger partial charge in [0.1, 0.15) is 11.1 Å². The van der Waals surface area contributed by atoms with Crippen molar-refractivity contribution in [3.63, 3.8) is 0 Å². The van der Waals surface area contributed by atoms with Gasteiger partial charge >= 0.3 is 0 Å². The minimum Gasteiger partial charge on any atom is -0.325 e. The Morgan fingerprint density at radius 3 is 2.61 bits per heavy atom. The van der Waals surface area contributed by atoms with Crippen LogP contribution in [0.2, 0.25) is 5.02 Å². The van der Waals surface area contributed by atoms with E-state index in [1.165, 1.54) is 36.0 Å². The molecule has 0 saturated heterocycles. The van der Waals surface area contributed by atoms with E-state index in [2.05, 4.69) is 20.9 Å². The van der Waals surface area contributed by atoms with Gasteiger partial charge in [0.2, 0.25) is 11.1 Å². The standard InChI is InChI=1S/C19H17ClFN5OS/c1-2-15-23-24-19-26(15)25-16(11-3-5-12(20)6-4-11)17(28-19)18(27)22-14-9-7-13(21)8-10-14/h3-10,16-17,25H,2H2,1H3,(H,22,27)/t16-,17-/m1/s1. The first-order valence-corrected chi connectivity index (χ1v) is 10.0. The molecule has 2 atom stereocenters. The Bertz CT molecular complexity index is 993. The summed E-state index contributed by atoms with van der Waals surface area (Å²) >= 11 is 7.36. The summed E-state index contributed by atoms with van der Waals surface area (Å²) in [7, 11) is 0. The number of anilines is 1. The molecule has 1 amide bonds. The third-order valence-corrected chi connectivity index (χ3v) is 5.89. The lowest BCUT2D eigenvalue weighted by molar-refractivity contribution is -0.116. The van der Waals surface area contributed by atoms with Crippen LogP contribution < -0.4 is 10.7 Å². The first kappa shape index (κ1) is 18.8. The van der Waals surface area contributed by atoms with E-state index in [0.29, 0.717) is 22.3 Å². The Morgan fingerprint density at radius 1 is 1.21 bits per heavy atom. The number of aryl methyl sites for hydroxylation is 1. The molecule has 144 valence electrons. The van der Waals surface area contributed by atoms with E-state index in [9.17, 15) is 9.18 Å². The monoisotopic (exact) mass is 417 g/mol. The highest BCUT2D eigenvalue weighted by molar-refractivity contribution is 8.00. The number of rotatable bonds is 4. The van der Waals surface area contributed by atoms with Gasteiger partial charge in [-0.05, 0) is 42.0 Å². The fraction of sp³-hybridized carbons (Fsp3) is 0.211. The summed E-state index contributed by atoms with van der Waals surface area (Å²) in [6, 6.07) is 12.7. The van der Waals surface area contributed by atoms with Crippen molar-refractivity contribution < 1.29 is 9.18 Å². The van der Waals surface area contributed by atoms with Gasteiger partial charge < -0.3 is 10.7 Å². The molecular weight excluding hydrogens is 401 g/mol. The van der Waals surface area contributed by atoms with E-state index < -0.39 is 5.25 Å². The van der Waals surface area contributed by atoms with Crippen LogP contribution in [0.1, 0.15) is 24.4 Å². The smallest absolute Gasteiger partial charge is 0.240 e. The number of benzene rings is 2. The van der Waals surface area contributed by atoms with Crippen LogP contribution in [-0.2, 0) is 11.2 Å². The van der Waals surface area contributed by atoms with Crippen LogP contribution in [0.4, 0.5) is 10.1 Å². The third kappa shape index (κ3) is 3.70. The first-order chi connectivity index (χ1) is 13.5. The topological polar surface area (TPSA) is 71.8 Å². The summed E-state index contributed by atoms with van der Waals surface area (Å²) in [4.78, 5) is 13.0. The van der Waals surface area contributed by atoms with Gasteiger partial charge in [-0.1, -0.05) is 42.4 Å². The van der Waals surface area contributed by atoms with Gasteiger partial charge in [-0.3, -0.25) is 4.79 Å². The van der Waals surface area contributed by atoms with Crippen LogP contribution in [-0.4, -0.2) is 26.0 Å². The van der Waals surface area contributed by atoms with Crippen molar-refractivity contribution in [1.29, 1.82) is 0 Å². The highest BCUT2D eigenvalue weighted by atomic mass is 35.5. The Morgan fingerprint density at radius 2 is 1.93 bits per heavy atom. The van der Waals surface area contributed by atoms with Crippen molar-refractivity contribution in [2.45, 2.75) is 29.8 Å². The summed E-state index contributed by atoms with van der Waals surface area (Å²) in [5.74, 6) is 0.223. The summed E-state index contributed by atoms with van der Waals surface area (Å²) in [5, 5.41) is 12.0. The number of thioether (sulfide) groups is 1. The number of fused-ring (bicyclic) bond motifs is 1. The molecule has 0 unspecified atom stereocenters. The predicted molar refractivity (Wildman–Crippen MR) is 108 cm³/mol. The number of nitrogens with one attached hydrogen (secondary N) is 2. The first-order valence-electron chi connectivity index (χ1n) is 8.74. The molecule has 1 aliphatic heterocycles. The van der Waals surface area contributed by atoms with E-state index >= 15 is 0 Å². The van der Waals surface area contributed by atoms with Crippen LogP contribution in [0, 0.1) is 5.82 Å². The van der Waals surface area contributed by atoms with Crippen molar-refractivity contribution in [2.75, 3.05) is 10.7 Å². The number of carbonyl (C=O) groups excluding carboxylic acids is 1. The van der Waals surface area contributed by atoms with Gasteiger partial charge in [0, 0.05) is 17.1 Å². The number of hydrogen-bond donors (Lipinski definition) is 2. The largest absolute Gasteiger partial charge is 0.325 e. The molecule has 4 rings (SSSR count). The molecule has 0 saturated carbocycles. The summed E-state index contributed by atoms with van der Waals surface area (Å²) < 4.78 is 15.0. The fourth-order valence-corrected chi connectivity index (χ4v) is 4.22. The lowest BCUT2D eigenvalue weighted by Crippen LogP contribution is -2.41. The highest BCUT2D eigenvalue weighted by Crippen LogP contribution is 2.37. The lowest BCUT2D eigenvalue weighted by atomic mass is 10.0. The van der Waals surface area contributed by atoms with Gasteiger partial charge in [-0.25, -0.2) is 9.07 Å². The molecule has 0 bridgehead atoms. The van der Waals surface area contributed by atoms with Crippen molar-refractivity contribution in [2.24, 2.45) is 0 Å². The number of aromatic nitrogens is 3. The number of carbonyl (C=O) groups is 1. The number of hydrogen-bond acceptors (Lipinski definition) is 5. The summed E-state index contributed by atoms with van der Waals surface area (Å²) in [6.07, 6.45) is 0.709. The minimum atomic E-state index is -0.507. The number of amides is 1. The Hall–Kier alpha value is -2.58. The SMILES string of the molecule is CCc1nnc2n1N[C@H](c1ccc(Cl)cc1)[C@H](C(=O)Nc1ccc(F)cc1)S2. The quantitative estimate of drug-likeness (QED) is 0.670. The molecule has 2 heterocycles. The zero-order valence-corrected chi connectivity index (χ0v) is 16.5. The zero-order chi connectivity index (χ0) is 19.7. The molecule has 28 heavy (non-hydrogen) atoms. The Balaban J connectivity index is 1.66. The van der Waals surface area contributed by atoms with Crippen LogP contribution in [0.15, 0.2) is 53.7 Å². The van der Waals surface area contributed by atoms with E-state index in [0.717, 1.165) is 11.4 Å². The maximum Gasteiger partial charge on any atom is 0.240 e. The van der Waals surface area contributed by atoms with Crippen LogP contribution in [0.5, 0.6) is 0 Å². The average Bonchev–Trinajstić information content (AvgIpc) is 3.11. The second kappa shape index (κ2) is 7.81. The molecule has 0 radical (unpaired) electrons. The van der Waals surface area contributed by atoms with Gasteiger partial charge in [0.25, 0.3) is 0 Å². The van der Waals surface area contributed by atoms with Crippen LogP contribution in [0.3, 0.4) is 0 Å². The van der Waals surface area contributed by atoms with E-state index in [1.807, 2.05) is 23.7 Å². The normalized spacial score (nSPS) is 18.2. The summed E-state index contributed by atoms with van der Waals surface area (Å²) in [5.41, 5.74) is 4.81. The van der Waals surface area contributed by atoms with E-state index in [4.69, 9.17) is 11.6 Å². The molecule has 2 aromatic carbocycles. The van der Waals surface area contributed by atoms with E-state index in [1.54, 1.807) is 12.1 Å². The maximum atomic E-state index is 13.1.